The molecular formula is C20H23FeNO5-. The fraction of sp³-hybridized carbons (Fsp3) is 0.350. The zero-order chi connectivity index (χ0) is 21.0. The van der Waals surface area contributed by atoms with Crippen LogP contribution in [-0.2, 0) is 42.4 Å². The Hall–Kier alpha value is -1.61. The summed E-state index contributed by atoms with van der Waals surface area (Å²) < 4.78 is 22.5. The second-order valence-electron chi connectivity index (χ2n) is 5.21. The van der Waals surface area contributed by atoms with Gasteiger partial charge in [0.2, 0.25) is 0 Å². The average molecular weight is 413 g/mol. The molecule has 6 nitrogen and oxygen atoms in total. The van der Waals surface area contributed by atoms with Crippen molar-refractivity contribution in [2.24, 2.45) is 0 Å². The Balaban J connectivity index is -0.000000342. The van der Waals surface area contributed by atoms with Crippen LogP contribution in [0.1, 0.15) is 32.8 Å². The van der Waals surface area contributed by atoms with E-state index in [1.807, 2.05) is 63.4 Å². The van der Waals surface area contributed by atoms with Gasteiger partial charge in [-0.25, -0.2) is 0 Å². The Morgan fingerprint density at radius 2 is 1.67 bits per heavy atom. The summed E-state index contributed by atoms with van der Waals surface area (Å²) in [5.74, 6) is 0. The SMILES string of the molecule is CC[C@@](C)(O)[CH][CH][CH][C@@H](C)N([C-]=O)Cc1ccccc1.[C-]#[O+].[C-]#[O+].[C-]#[O+].[Fe]. The third kappa shape index (κ3) is 17.6. The summed E-state index contributed by atoms with van der Waals surface area (Å²) in [6.07, 6.45) is 8.06. The molecule has 147 valence electrons. The van der Waals surface area contributed by atoms with Gasteiger partial charge >= 0.3 is 33.9 Å². The van der Waals surface area contributed by atoms with Crippen molar-refractivity contribution in [3.8, 4) is 0 Å². The van der Waals surface area contributed by atoms with Gasteiger partial charge in [0.15, 0.2) is 0 Å². The normalized spacial score (nSPS) is 11.6. The molecule has 0 unspecified atom stereocenters. The van der Waals surface area contributed by atoms with E-state index in [1.54, 1.807) is 18.2 Å². The van der Waals surface area contributed by atoms with Crippen LogP contribution in [0.4, 0.5) is 0 Å². The second kappa shape index (κ2) is 22.4. The molecule has 7 heteroatoms. The fourth-order valence-electron chi connectivity index (χ4n) is 1.68. The van der Waals surface area contributed by atoms with E-state index >= 15 is 0 Å². The van der Waals surface area contributed by atoms with Gasteiger partial charge in [0, 0.05) is 29.7 Å². The predicted molar refractivity (Wildman–Crippen MR) is 92.7 cm³/mol. The molecule has 0 saturated carbocycles. The molecule has 1 N–H and O–H groups in total. The Kier molecular flexibility index (Phi) is 27.4. The monoisotopic (exact) mass is 413 g/mol. The number of benzene rings is 1. The van der Waals surface area contributed by atoms with Crippen LogP contribution in [0.5, 0.6) is 0 Å². The average Bonchev–Trinajstić information content (AvgIpc) is 2.71. The van der Waals surface area contributed by atoms with Crippen LogP contribution in [0, 0.1) is 39.2 Å². The maximum Gasteiger partial charge on any atom is 0 e. The summed E-state index contributed by atoms with van der Waals surface area (Å²) in [4.78, 5) is 12.7. The van der Waals surface area contributed by atoms with Crippen molar-refractivity contribution >= 4 is 6.41 Å². The van der Waals surface area contributed by atoms with Crippen molar-refractivity contribution in [3.05, 3.63) is 75.1 Å². The molecule has 3 radical (unpaired) electrons. The molecule has 1 aromatic rings. The molecule has 1 rings (SSSR count). The van der Waals surface area contributed by atoms with Crippen molar-refractivity contribution in [2.45, 2.75) is 45.4 Å². The van der Waals surface area contributed by atoms with E-state index in [-0.39, 0.29) is 23.1 Å². The molecule has 0 aliphatic heterocycles. The number of amides is 1. The summed E-state index contributed by atoms with van der Waals surface area (Å²) in [7, 11) is 0. The van der Waals surface area contributed by atoms with Crippen LogP contribution in [-0.4, -0.2) is 28.1 Å². The molecule has 1 aromatic carbocycles. The maximum atomic E-state index is 11.1. The summed E-state index contributed by atoms with van der Waals surface area (Å²) >= 11 is 0. The molecule has 27 heavy (non-hydrogen) atoms. The predicted octanol–water partition coefficient (Wildman–Crippen LogP) is 2.60. The Bertz CT molecular complexity index is 500. The van der Waals surface area contributed by atoms with Crippen molar-refractivity contribution < 1.29 is 40.9 Å². The largest absolute Gasteiger partial charge is 0 e. The van der Waals surface area contributed by atoms with E-state index in [0.29, 0.717) is 13.0 Å². The third-order valence-corrected chi connectivity index (χ3v) is 3.37. The first-order chi connectivity index (χ1) is 12.5. The number of carbonyl (C=O) groups excluding carboxylic acids is 1. The standard InChI is InChI=1S/C17H23NO2.3CO.Fe/c1-4-17(3,20)12-8-9-15(2)18(14-19)13-16-10-6-5-7-11-16;3*1-2;/h5-12,15,20H,4,13H2,1-3H3;;;;/q-1;;;;/t15-,17-;;;;/m1..../s1. The van der Waals surface area contributed by atoms with Gasteiger partial charge in [-0.05, 0) is 45.1 Å². The van der Waals surface area contributed by atoms with E-state index in [1.165, 1.54) is 0 Å². The topological polar surface area (TPSA) is 100 Å². The first kappa shape index (κ1) is 33.0. The molecular weight excluding hydrogens is 390 g/mol. The molecule has 0 aromatic heterocycles. The Morgan fingerprint density at radius 1 is 1.19 bits per heavy atom. The maximum absolute atomic E-state index is 11.1. The first-order valence-corrected chi connectivity index (χ1v) is 7.53. The van der Waals surface area contributed by atoms with Crippen LogP contribution >= 0.6 is 0 Å². The van der Waals surface area contributed by atoms with Crippen LogP contribution in [0.15, 0.2) is 30.3 Å². The van der Waals surface area contributed by atoms with Gasteiger partial charge in [0.25, 0.3) is 0 Å². The second-order valence-corrected chi connectivity index (χ2v) is 5.21. The van der Waals surface area contributed by atoms with E-state index < -0.39 is 5.60 Å². The van der Waals surface area contributed by atoms with Crippen molar-refractivity contribution in [3.63, 3.8) is 0 Å². The molecule has 2 atom stereocenters. The van der Waals surface area contributed by atoms with E-state index in [0.717, 1.165) is 5.56 Å². The van der Waals surface area contributed by atoms with Crippen LogP contribution in [0.3, 0.4) is 0 Å². The van der Waals surface area contributed by atoms with Crippen LogP contribution in [0.25, 0.3) is 0 Å². The Morgan fingerprint density at radius 3 is 2.07 bits per heavy atom. The summed E-state index contributed by atoms with van der Waals surface area (Å²) in [6, 6.07) is 9.74. The number of nitrogens with zero attached hydrogens (tertiary/aromatic N) is 1. The smallest absolute Gasteiger partial charge is 0 e. The number of hydrogen-bond acceptors (Lipinski definition) is 2. The molecule has 0 saturated heterocycles. The quantitative estimate of drug-likeness (QED) is 0.291. The zero-order valence-corrected chi connectivity index (χ0v) is 16.6. The third-order valence-electron chi connectivity index (χ3n) is 3.37. The fourth-order valence-corrected chi connectivity index (χ4v) is 1.68. The van der Waals surface area contributed by atoms with Crippen molar-refractivity contribution in [2.75, 3.05) is 0 Å². The van der Waals surface area contributed by atoms with Gasteiger partial charge < -0.3 is 14.8 Å². The molecule has 1 amide bonds. The van der Waals surface area contributed by atoms with Gasteiger partial charge in [-0.3, -0.25) is 0 Å². The van der Waals surface area contributed by atoms with E-state index in [4.69, 9.17) is 14.0 Å². The number of aliphatic hydroxyl groups is 1. The Labute approximate surface area is 173 Å². The van der Waals surface area contributed by atoms with E-state index in [9.17, 15) is 9.90 Å². The molecule has 0 heterocycles. The molecule has 0 aliphatic carbocycles. The molecule has 0 spiro atoms. The molecule has 0 fully saturated rings. The number of hydrogen-bond donors (Lipinski definition) is 1. The van der Waals surface area contributed by atoms with Gasteiger partial charge in [-0.15, -0.1) is 0 Å². The minimum absolute atomic E-state index is 0. The summed E-state index contributed by atoms with van der Waals surface area (Å²) in [6.45, 7) is 19.6. The molecule has 0 bridgehead atoms. The van der Waals surface area contributed by atoms with Crippen molar-refractivity contribution in [1.29, 1.82) is 0 Å². The first-order valence-electron chi connectivity index (χ1n) is 7.53. The van der Waals surface area contributed by atoms with Crippen molar-refractivity contribution in [1.82, 2.24) is 4.90 Å². The summed E-state index contributed by atoms with van der Waals surface area (Å²) in [5, 5.41) is 9.87. The zero-order valence-electron chi connectivity index (χ0n) is 15.5. The van der Waals surface area contributed by atoms with Crippen LogP contribution in [0.2, 0.25) is 0 Å². The van der Waals surface area contributed by atoms with E-state index in [2.05, 4.69) is 20.0 Å². The molecule has 0 aliphatic rings. The minimum atomic E-state index is -0.800. The summed E-state index contributed by atoms with van der Waals surface area (Å²) in [5.41, 5.74) is 0.270. The minimum Gasteiger partial charge on any atom is 0 e. The van der Waals surface area contributed by atoms with Gasteiger partial charge in [-0.2, -0.15) is 6.41 Å². The van der Waals surface area contributed by atoms with Crippen LogP contribution < -0.4 is 0 Å². The van der Waals surface area contributed by atoms with Gasteiger partial charge in [-0.1, -0.05) is 37.3 Å². The van der Waals surface area contributed by atoms with Gasteiger partial charge in [0.05, 0.1) is 5.60 Å². The van der Waals surface area contributed by atoms with Gasteiger partial charge in [0.1, 0.15) is 0 Å². The number of rotatable bonds is 9.